The van der Waals surface area contributed by atoms with Crippen LogP contribution < -0.4 is 5.32 Å². The molecule has 96 valence electrons. The van der Waals surface area contributed by atoms with Gasteiger partial charge in [-0.15, -0.1) is 0 Å². The lowest BCUT2D eigenvalue weighted by Crippen LogP contribution is -2.27. The summed E-state index contributed by atoms with van der Waals surface area (Å²) in [6, 6.07) is 4.75. The quantitative estimate of drug-likeness (QED) is 0.805. The number of aryl methyl sites for hydroxylation is 2. The Labute approximate surface area is 111 Å². The van der Waals surface area contributed by atoms with Crippen LogP contribution in [0.1, 0.15) is 49.9 Å². The van der Waals surface area contributed by atoms with Gasteiger partial charge in [-0.2, -0.15) is 0 Å². The van der Waals surface area contributed by atoms with E-state index in [4.69, 9.17) is 11.6 Å². The van der Waals surface area contributed by atoms with E-state index in [2.05, 4.69) is 52.1 Å². The average molecular weight is 254 g/mol. The predicted molar refractivity (Wildman–Crippen MR) is 76.8 cm³/mol. The monoisotopic (exact) mass is 253 g/mol. The Morgan fingerprint density at radius 2 is 1.82 bits per heavy atom. The molecule has 2 atom stereocenters. The highest BCUT2D eigenvalue weighted by Crippen LogP contribution is 2.30. The molecular weight excluding hydrogens is 230 g/mol. The molecule has 0 radical (unpaired) electrons. The summed E-state index contributed by atoms with van der Waals surface area (Å²) in [7, 11) is 0. The van der Waals surface area contributed by atoms with Gasteiger partial charge in [0.05, 0.1) is 0 Å². The van der Waals surface area contributed by atoms with Crippen LogP contribution in [0.25, 0.3) is 0 Å². The molecule has 0 fully saturated rings. The smallest absolute Gasteiger partial charge is 0.0438 e. The molecule has 1 aromatic rings. The van der Waals surface area contributed by atoms with Crippen molar-refractivity contribution in [2.24, 2.45) is 5.92 Å². The number of rotatable bonds is 5. The van der Waals surface area contributed by atoms with Gasteiger partial charge in [0.2, 0.25) is 0 Å². The Balaban J connectivity index is 3.13. The normalized spacial score (nSPS) is 14.7. The van der Waals surface area contributed by atoms with Crippen LogP contribution in [0.15, 0.2) is 12.1 Å². The first-order valence-corrected chi connectivity index (χ1v) is 6.89. The van der Waals surface area contributed by atoms with Gasteiger partial charge in [-0.3, -0.25) is 0 Å². The summed E-state index contributed by atoms with van der Waals surface area (Å²) in [5, 5.41) is 4.46. The fourth-order valence-electron chi connectivity index (χ4n) is 2.21. The summed E-state index contributed by atoms with van der Waals surface area (Å²) in [6.45, 7) is 11.9. The lowest BCUT2D eigenvalue weighted by Gasteiger charge is -2.26. The van der Waals surface area contributed by atoms with Crippen molar-refractivity contribution < 1.29 is 0 Å². The van der Waals surface area contributed by atoms with Crippen LogP contribution in [0.3, 0.4) is 0 Å². The highest BCUT2D eigenvalue weighted by atomic mass is 35.5. The number of hydrogen-bond donors (Lipinski definition) is 1. The Morgan fingerprint density at radius 1 is 1.18 bits per heavy atom. The maximum atomic E-state index is 6.16. The Morgan fingerprint density at radius 3 is 2.35 bits per heavy atom. The highest BCUT2D eigenvalue weighted by molar-refractivity contribution is 6.31. The molecule has 2 heteroatoms. The molecular formula is C15H24ClN. The van der Waals surface area contributed by atoms with Crippen molar-refractivity contribution in [2.75, 3.05) is 6.54 Å². The molecule has 0 heterocycles. The first-order chi connectivity index (χ1) is 8.01. The lowest BCUT2D eigenvalue weighted by atomic mass is 9.89. The van der Waals surface area contributed by atoms with E-state index in [1.807, 2.05) is 0 Å². The van der Waals surface area contributed by atoms with Gasteiger partial charge in [0.15, 0.2) is 0 Å². The van der Waals surface area contributed by atoms with Gasteiger partial charge in [-0.05, 0) is 49.1 Å². The maximum Gasteiger partial charge on any atom is 0.0438 e. The van der Waals surface area contributed by atoms with Gasteiger partial charge in [0.25, 0.3) is 0 Å². The summed E-state index contributed by atoms with van der Waals surface area (Å²) in [6.07, 6.45) is 1.18. The summed E-state index contributed by atoms with van der Waals surface area (Å²) >= 11 is 6.16. The van der Waals surface area contributed by atoms with E-state index in [-0.39, 0.29) is 0 Å². The van der Waals surface area contributed by atoms with Crippen LogP contribution in [-0.2, 0) is 0 Å². The molecule has 1 rings (SSSR count). The van der Waals surface area contributed by atoms with Gasteiger partial charge in [-0.25, -0.2) is 0 Å². The van der Waals surface area contributed by atoms with E-state index in [0.717, 1.165) is 11.6 Å². The first-order valence-electron chi connectivity index (χ1n) is 6.51. The van der Waals surface area contributed by atoms with Crippen LogP contribution in [-0.4, -0.2) is 6.54 Å². The third-order valence-corrected chi connectivity index (χ3v) is 3.93. The number of hydrogen-bond acceptors (Lipinski definition) is 1. The molecule has 0 aromatic heterocycles. The molecule has 0 spiro atoms. The van der Waals surface area contributed by atoms with Gasteiger partial charge in [-0.1, -0.05) is 44.9 Å². The highest BCUT2D eigenvalue weighted by Gasteiger charge is 2.19. The zero-order valence-electron chi connectivity index (χ0n) is 11.6. The second-order valence-electron chi connectivity index (χ2n) is 4.88. The molecule has 0 bridgehead atoms. The van der Waals surface area contributed by atoms with E-state index < -0.39 is 0 Å². The van der Waals surface area contributed by atoms with Crippen molar-refractivity contribution >= 4 is 11.6 Å². The van der Waals surface area contributed by atoms with Crippen molar-refractivity contribution in [3.63, 3.8) is 0 Å². The summed E-state index contributed by atoms with van der Waals surface area (Å²) in [4.78, 5) is 0. The summed E-state index contributed by atoms with van der Waals surface area (Å²) < 4.78 is 0. The number of benzene rings is 1. The molecule has 0 amide bonds. The van der Waals surface area contributed by atoms with Crippen LogP contribution in [0.2, 0.25) is 5.02 Å². The minimum Gasteiger partial charge on any atom is -0.310 e. The molecule has 2 unspecified atom stereocenters. The summed E-state index contributed by atoms with van der Waals surface area (Å²) in [5.74, 6) is 0.634. The molecule has 0 saturated heterocycles. The van der Waals surface area contributed by atoms with E-state index in [1.165, 1.54) is 23.1 Å². The minimum atomic E-state index is 0.431. The van der Waals surface area contributed by atoms with Gasteiger partial charge < -0.3 is 5.32 Å². The van der Waals surface area contributed by atoms with Crippen LogP contribution in [0.4, 0.5) is 0 Å². The second kappa shape index (κ2) is 6.42. The van der Waals surface area contributed by atoms with E-state index >= 15 is 0 Å². The SMILES string of the molecule is CCNC(c1cc(C)c(Cl)cc1C)C(C)CC. The fourth-order valence-corrected chi connectivity index (χ4v) is 2.43. The van der Waals surface area contributed by atoms with Crippen molar-refractivity contribution in [3.8, 4) is 0 Å². The van der Waals surface area contributed by atoms with Crippen LogP contribution in [0, 0.1) is 19.8 Å². The number of nitrogens with one attached hydrogen (secondary N) is 1. The Hall–Kier alpha value is -0.530. The average Bonchev–Trinajstić information content (AvgIpc) is 2.30. The lowest BCUT2D eigenvalue weighted by molar-refractivity contribution is 0.382. The standard InChI is InChI=1S/C15H24ClN/c1-6-10(3)15(17-7-2)13-8-12(5)14(16)9-11(13)4/h8-10,15,17H,6-7H2,1-5H3. The van der Waals surface area contributed by atoms with Gasteiger partial charge in [0, 0.05) is 11.1 Å². The third kappa shape index (κ3) is 3.46. The van der Waals surface area contributed by atoms with Gasteiger partial charge >= 0.3 is 0 Å². The number of halogens is 1. The second-order valence-corrected chi connectivity index (χ2v) is 5.29. The Bertz CT molecular complexity index is 373. The predicted octanol–water partition coefficient (Wildman–Crippen LogP) is 4.65. The third-order valence-electron chi connectivity index (χ3n) is 3.52. The van der Waals surface area contributed by atoms with Gasteiger partial charge in [0.1, 0.15) is 0 Å². The fraction of sp³-hybridized carbons (Fsp3) is 0.600. The molecule has 1 N–H and O–H groups in total. The minimum absolute atomic E-state index is 0.431. The Kier molecular flexibility index (Phi) is 5.48. The zero-order chi connectivity index (χ0) is 13.0. The first kappa shape index (κ1) is 14.5. The topological polar surface area (TPSA) is 12.0 Å². The zero-order valence-corrected chi connectivity index (χ0v) is 12.4. The van der Waals surface area contributed by atoms with Crippen molar-refractivity contribution in [1.29, 1.82) is 0 Å². The van der Waals surface area contributed by atoms with Crippen LogP contribution >= 0.6 is 11.6 Å². The molecule has 0 aliphatic rings. The van der Waals surface area contributed by atoms with E-state index in [1.54, 1.807) is 0 Å². The molecule has 0 aliphatic heterocycles. The maximum absolute atomic E-state index is 6.16. The summed E-state index contributed by atoms with van der Waals surface area (Å²) in [5.41, 5.74) is 3.84. The van der Waals surface area contributed by atoms with E-state index in [0.29, 0.717) is 12.0 Å². The molecule has 1 nitrogen and oxygen atoms in total. The van der Waals surface area contributed by atoms with Crippen molar-refractivity contribution in [3.05, 3.63) is 33.8 Å². The van der Waals surface area contributed by atoms with Crippen molar-refractivity contribution in [2.45, 2.75) is 47.1 Å². The van der Waals surface area contributed by atoms with E-state index in [9.17, 15) is 0 Å². The molecule has 17 heavy (non-hydrogen) atoms. The largest absolute Gasteiger partial charge is 0.310 e. The van der Waals surface area contributed by atoms with Crippen molar-refractivity contribution in [1.82, 2.24) is 5.32 Å². The van der Waals surface area contributed by atoms with Crippen LogP contribution in [0.5, 0.6) is 0 Å². The molecule has 1 aromatic carbocycles. The molecule has 0 aliphatic carbocycles. The molecule has 0 saturated carbocycles.